The molecule has 21 heavy (non-hydrogen) atoms. The Morgan fingerprint density at radius 3 is 2.62 bits per heavy atom. The summed E-state index contributed by atoms with van der Waals surface area (Å²) in [6.07, 6.45) is 1.51. The Bertz CT molecular complexity index is 675. The van der Waals surface area contributed by atoms with Crippen LogP contribution in [0.2, 0.25) is 10.0 Å². The van der Waals surface area contributed by atoms with Gasteiger partial charge in [-0.3, -0.25) is 4.79 Å². The zero-order chi connectivity index (χ0) is 15.6. The maximum absolute atomic E-state index is 11.5. The van der Waals surface area contributed by atoms with Crippen LogP contribution in [0.25, 0.3) is 0 Å². The fourth-order valence-electron chi connectivity index (χ4n) is 1.94. The van der Waals surface area contributed by atoms with Crippen molar-refractivity contribution in [3.63, 3.8) is 0 Å². The van der Waals surface area contributed by atoms with E-state index in [-0.39, 0.29) is 21.7 Å². The zero-order valence-corrected chi connectivity index (χ0v) is 12.6. The molecule has 0 fully saturated rings. The number of hydrogen-bond donors (Lipinski definition) is 3. The molecule has 1 aromatic carbocycles. The molecule has 0 aliphatic heterocycles. The maximum atomic E-state index is 11.5. The number of rotatable bonds is 3. The van der Waals surface area contributed by atoms with Crippen molar-refractivity contribution < 1.29 is 9.90 Å². The SMILES string of the molecule is CC(=O)NC(c1ccc(N)nc1)c1c(O)ccc(Cl)c1Cl. The normalized spacial score (nSPS) is 12.0. The van der Waals surface area contributed by atoms with E-state index in [0.717, 1.165) is 0 Å². The minimum Gasteiger partial charge on any atom is -0.508 e. The van der Waals surface area contributed by atoms with E-state index in [0.29, 0.717) is 16.9 Å². The first-order valence-corrected chi connectivity index (χ1v) is 6.81. The highest BCUT2D eigenvalue weighted by molar-refractivity contribution is 6.42. The van der Waals surface area contributed by atoms with Gasteiger partial charge in [0.15, 0.2) is 0 Å². The van der Waals surface area contributed by atoms with Crippen molar-refractivity contribution in [1.82, 2.24) is 10.3 Å². The highest BCUT2D eigenvalue weighted by Gasteiger charge is 2.23. The van der Waals surface area contributed by atoms with Gasteiger partial charge in [0.05, 0.1) is 16.1 Å². The fraction of sp³-hybridized carbons (Fsp3) is 0.143. The number of aromatic hydroxyl groups is 1. The van der Waals surface area contributed by atoms with E-state index in [2.05, 4.69) is 10.3 Å². The summed E-state index contributed by atoms with van der Waals surface area (Å²) >= 11 is 12.2. The standard InChI is InChI=1S/C14H13Cl2N3O2/c1-7(20)19-14(8-2-5-11(17)18-6-8)12-10(21)4-3-9(15)13(12)16/h2-6,14,21H,1H3,(H2,17,18)(H,19,20). The lowest BCUT2D eigenvalue weighted by Gasteiger charge is -2.21. The molecule has 0 saturated heterocycles. The van der Waals surface area contributed by atoms with Crippen molar-refractivity contribution in [1.29, 1.82) is 0 Å². The molecule has 0 spiro atoms. The summed E-state index contributed by atoms with van der Waals surface area (Å²) in [6, 6.07) is 5.51. The molecule has 2 rings (SSSR count). The van der Waals surface area contributed by atoms with Crippen LogP contribution in [0.4, 0.5) is 5.82 Å². The number of anilines is 1. The molecule has 2 aromatic rings. The van der Waals surface area contributed by atoms with Gasteiger partial charge in [0.2, 0.25) is 5.91 Å². The van der Waals surface area contributed by atoms with Gasteiger partial charge in [-0.2, -0.15) is 0 Å². The van der Waals surface area contributed by atoms with Gasteiger partial charge in [-0.05, 0) is 23.8 Å². The average molecular weight is 326 g/mol. The maximum Gasteiger partial charge on any atom is 0.217 e. The quantitative estimate of drug-likeness (QED) is 0.809. The molecule has 1 heterocycles. The molecule has 0 aliphatic rings. The van der Waals surface area contributed by atoms with Crippen molar-refractivity contribution in [3.8, 4) is 5.75 Å². The lowest BCUT2D eigenvalue weighted by Crippen LogP contribution is -2.27. The molecule has 0 aliphatic carbocycles. The highest BCUT2D eigenvalue weighted by Crippen LogP contribution is 2.39. The molecule has 1 atom stereocenters. The summed E-state index contributed by atoms with van der Waals surface area (Å²) < 4.78 is 0. The molecular weight excluding hydrogens is 313 g/mol. The number of hydrogen-bond acceptors (Lipinski definition) is 4. The average Bonchev–Trinajstić information content (AvgIpc) is 2.43. The zero-order valence-electron chi connectivity index (χ0n) is 11.1. The molecule has 1 amide bonds. The molecule has 1 unspecified atom stereocenters. The van der Waals surface area contributed by atoms with Gasteiger partial charge in [-0.25, -0.2) is 4.98 Å². The number of benzene rings is 1. The number of phenolic OH excluding ortho intramolecular Hbond substituents is 1. The minimum absolute atomic E-state index is 0.0695. The van der Waals surface area contributed by atoms with Crippen LogP contribution in [0, 0.1) is 0 Å². The van der Waals surface area contributed by atoms with E-state index in [1.807, 2.05) is 0 Å². The van der Waals surface area contributed by atoms with E-state index in [1.54, 1.807) is 12.1 Å². The number of nitrogens with one attached hydrogen (secondary N) is 1. The van der Waals surface area contributed by atoms with Crippen LogP contribution in [0.3, 0.4) is 0 Å². The van der Waals surface area contributed by atoms with E-state index in [9.17, 15) is 9.90 Å². The molecule has 0 bridgehead atoms. The molecule has 7 heteroatoms. The molecule has 110 valence electrons. The van der Waals surface area contributed by atoms with E-state index >= 15 is 0 Å². The molecular formula is C14H13Cl2N3O2. The molecule has 1 aromatic heterocycles. The third kappa shape index (κ3) is 3.37. The van der Waals surface area contributed by atoms with Gasteiger partial charge >= 0.3 is 0 Å². The Morgan fingerprint density at radius 2 is 2.05 bits per heavy atom. The molecule has 0 saturated carbocycles. The fourth-order valence-corrected chi connectivity index (χ4v) is 2.38. The summed E-state index contributed by atoms with van der Waals surface area (Å²) in [5, 5.41) is 13.2. The van der Waals surface area contributed by atoms with Crippen molar-refractivity contribution >= 4 is 34.9 Å². The molecule has 0 radical (unpaired) electrons. The topological polar surface area (TPSA) is 88.2 Å². The number of nitrogens with zero attached hydrogens (tertiary/aromatic N) is 1. The van der Waals surface area contributed by atoms with Crippen LogP contribution in [-0.2, 0) is 4.79 Å². The van der Waals surface area contributed by atoms with Gasteiger partial charge in [-0.15, -0.1) is 0 Å². The molecule has 5 nitrogen and oxygen atoms in total. The van der Waals surface area contributed by atoms with Crippen molar-refractivity contribution in [2.75, 3.05) is 5.73 Å². The Morgan fingerprint density at radius 1 is 1.33 bits per heavy atom. The highest BCUT2D eigenvalue weighted by atomic mass is 35.5. The lowest BCUT2D eigenvalue weighted by molar-refractivity contribution is -0.119. The first-order chi connectivity index (χ1) is 9.90. The summed E-state index contributed by atoms with van der Waals surface area (Å²) in [6.45, 7) is 1.37. The van der Waals surface area contributed by atoms with Crippen LogP contribution in [0.15, 0.2) is 30.5 Å². The van der Waals surface area contributed by atoms with E-state index < -0.39 is 6.04 Å². The number of nitrogens with two attached hydrogens (primary N) is 1. The Kier molecular flexibility index (Phi) is 4.55. The van der Waals surface area contributed by atoms with Gasteiger partial charge in [0.25, 0.3) is 0 Å². The Hall–Kier alpha value is -1.98. The monoisotopic (exact) mass is 325 g/mol. The third-order valence-corrected chi connectivity index (χ3v) is 3.71. The van der Waals surface area contributed by atoms with Crippen molar-refractivity contribution in [2.45, 2.75) is 13.0 Å². The Labute approximate surface area is 131 Å². The summed E-state index contributed by atoms with van der Waals surface area (Å²) in [4.78, 5) is 15.4. The van der Waals surface area contributed by atoms with Crippen LogP contribution < -0.4 is 11.1 Å². The van der Waals surface area contributed by atoms with Crippen LogP contribution in [-0.4, -0.2) is 16.0 Å². The van der Waals surface area contributed by atoms with Gasteiger partial charge < -0.3 is 16.2 Å². The largest absolute Gasteiger partial charge is 0.508 e. The third-order valence-electron chi connectivity index (χ3n) is 2.89. The van der Waals surface area contributed by atoms with Crippen molar-refractivity contribution in [2.24, 2.45) is 0 Å². The van der Waals surface area contributed by atoms with Crippen LogP contribution in [0.1, 0.15) is 24.1 Å². The summed E-state index contributed by atoms with van der Waals surface area (Å²) in [7, 11) is 0. The number of aromatic nitrogens is 1. The van der Waals surface area contributed by atoms with Gasteiger partial charge in [-0.1, -0.05) is 29.3 Å². The van der Waals surface area contributed by atoms with E-state index in [1.165, 1.54) is 25.3 Å². The second-order valence-corrected chi connectivity index (χ2v) is 5.23. The van der Waals surface area contributed by atoms with Crippen molar-refractivity contribution in [3.05, 3.63) is 51.6 Å². The predicted molar refractivity (Wildman–Crippen MR) is 82.4 cm³/mol. The lowest BCUT2D eigenvalue weighted by atomic mass is 9.99. The van der Waals surface area contributed by atoms with Crippen LogP contribution in [0.5, 0.6) is 5.75 Å². The smallest absolute Gasteiger partial charge is 0.217 e. The summed E-state index contributed by atoms with van der Waals surface area (Å²) in [5.41, 5.74) is 6.49. The predicted octanol–water partition coefficient (Wildman–Crippen LogP) is 2.90. The number of amides is 1. The number of pyridine rings is 1. The number of carbonyl (C=O) groups excluding carboxylic acids is 1. The van der Waals surface area contributed by atoms with Gasteiger partial charge in [0, 0.05) is 18.7 Å². The molecule has 4 N–H and O–H groups in total. The number of carbonyl (C=O) groups is 1. The first-order valence-electron chi connectivity index (χ1n) is 6.05. The first kappa shape index (κ1) is 15.4. The minimum atomic E-state index is -0.679. The van der Waals surface area contributed by atoms with Crippen LogP contribution >= 0.6 is 23.2 Å². The summed E-state index contributed by atoms with van der Waals surface area (Å²) in [5.74, 6) is -0.00557. The second-order valence-electron chi connectivity index (χ2n) is 4.44. The van der Waals surface area contributed by atoms with Gasteiger partial charge in [0.1, 0.15) is 11.6 Å². The second kappa shape index (κ2) is 6.20. The number of halogens is 2. The Balaban J connectivity index is 2.58. The number of phenols is 1. The van der Waals surface area contributed by atoms with E-state index in [4.69, 9.17) is 28.9 Å². The number of nitrogen functional groups attached to an aromatic ring is 1.